The average Bonchev–Trinajstić information content (AvgIpc) is 2.55. The largest absolute Gasteiger partial charge is 0.480 e. The number of primary amides is 1. The van der Waals surface area contributed by atoms with Gasteiger partial charge in [-0.05, 0) is 25.7 Å². The number of hydrogen-bond donors (Lipinski definition) is 6. The Labute approximate surface area is 157 Å². The molecule has 0 aliphatic heterocycles. The van der Waals surface area contributed by atoms with Crippen LogP contribution in [-0.2, 0) is 24.0 Å². The van der Waals surface area contributed by atoms with Crippen LogP contribution in [0, 0.1) is 5.92 Å². The summed E-state index contributed by atoms with van der Waals surface area (Å²) in [4.78, 5) is 57.7. The van der Waals surface area contributed by atoms with Gasteiger partial charge in [-0.1, -0.05) is 13.8 Å². The van der Waals surface area contributed by atoms with Crippen molar-refractivity contribution >= 4 is 29.6 Å². The molecule has 0 saturated heterocycles. The quantitative estimate of drug-likeness (QED) is 0.219. The van der Waals surface area contributed by atoms with E-state index in [2.05, 4.69) is 16.0 Å². The molecular formula is C16H29N5O6. The maximum absolute atomic E-state index is 12.1. The predicted octanol–water partition coefficient (Wildman–Crippen LogP) is -2.18. The van der Waals surface area contributed by atoms with Gasteiger partial charge in [0.25, 0.3) is 0 Å². The number of rotatable bonds is 12. The molecule has 3 unspecified atom stereocenters. The smallest absolute Gasteiger partial charge is 0.325 e. The zero-order chi connectivity index (χ0) is 21.1. The summed E-state index contributed by atoms with van der Waals surface area (Å²) in [7, 11) is 0. The van der Waals surface area contributed by atoms with Crippen molar-refractivity contribution in [2.45, 2.75) is 58.2 Å². The maximum atomic E-state index is 12.1. The molecule has 0 aliphatic carbocycles. The second kappa shape index (κ2) is 11.8. The molecule has 0 spiro atoms. The van der Waals surface area contributed by atoms with E-state index < -0.39 is 54.3 Å². The number of amides is 4. The summed E-state index contributed by atoms with van der Waals surface area (Å²) < 4.78 is 0. The molecule has 0 saturated carbocycles. The van der Waals surface area contributed by atoms with Crippen LogP contribution in [0.1, 0.15) is 40.0 Å². The molecule has 4 amide bonds. The Morgan fingerprint density at radius 3 is 2.07 bits per heavy atom. The van der Waals surface area contributed by atoms with Crippen LogP contribution < -0.4 is 27.4 Å². The average molecular weight is 387 g/mol. The van der Waals surface area contributed by atoms with Crippen molar-refractivity contribution in [3.63, 3.8) is 0 Å². The second-order valence-electron chi connectivity index (χ2n) is 6.65. The first-order valence-electron chi connectivity index (χ1n) is 8.58. The molecule has 11 nitrogen and oxygen atoms in total. The van der Waals surface area contributed by atoms with E-state index in [0.717, 1.165) is 0 Å². The molecule has 0 aromatic heterocycles. The number of carboxylic acids is 1. The lowest BCUT2D eigenvalue weighted by molar-refractivity contribution is -0.141. The third-order valence-electron chi connectivity index (χ3n) is 3.55. The molecular weight excluding hydrogens is 358 g/mol. The maximum Gasteiger partial charge on any atom is 0.325 e. The van der Waals surface area contributed by atoms with E-state index in [1.165, 1.54) is 6.92 Å². The molecule has 27 heavy (non-hydrogen) atoms. The van der Waals surface area contributed by atoms with Crippen LogP contribution in [0.3, 0.4) is 0 Å². The van der Waals surface area contributed by atoms with Crippen LogP contribution in [0.5, 0.6) is 0 Å². The second-order valence-corrected chi connectivity index (χ2v) is 6.65. The van der Waals surface area contributed by atoms with Gasteiger partial charge in [0.05, 0.1) is 12.6 Å². The molecule has 0 radical (unpaired) electrons. The first kappa shape index (κ1) is 24.3. The van der Waals surface area contributed by atoms with Crippen molar-refractivity contribution in [2.24, 2.45) is 17.4 Å². The monoisotopic (exact) mass is 387 g/mol. The summed E-state index contributed by atoms with van der Waals surface area (Å²) in [5.74, 6) is -3.69. The van der Waals surface area contributed by atoms with Crippen LogP contribution >= 0.6 is 0 Å². The number of carbonyl (C=O) groups excluding carboxylic acids is 4. The summed E-state index contributed by atoms with van der Waals surface area (Å²) in [5.41, 5.74) is 10.7. The molecule has 0 heterocycles. The summed E-state index contributed by atoms with van der Waals surface area (Å²) in [6.45, 7) is 4.64. The fourth-order valence-corrected chi connectivity index (χ4v) is 2.09. The number of aliphatic carboxylic acids is 1. The standard InChI is InChI=1S/C16H29N5O6/c1-8(2)6-10(17)14(24)19-7-13(23)21-11(4-5-12(18)22)15(25)20-9(3)16(26)27/h8-11H,4-7,17H2,1-3H3,(H2,18,22)(H,19,24)(H,20,25)(H,21,23)(H,26,27). The van der Waals surface area contributed by atoms with Gasteiger partial charge >= 0.3 is 5.97 Å². The zero-order valence-electron chi connectivity index (χ0n) is 15.8. The van der Waals surface area contributed by atoms with Crippen LogP contribution in [0.4, 0.5) is 0 Å². The van der Waals surface area contributed by atoms with Gasteiger partial charge in [0, 0.05) is 6.42 Å². The van der Waals surface area contributed by atoms with Crippen LogP contribution in [0.25, 0.3) is 0 Å². The summed E-state index contributed by atoms with van der Waals surface area (Å²) in [6.07, 6.45) is 0.148. The van der Waals surface area contributed by atoms with Crippen LogP contribution in [-0.4, -0.2) is 59.4 Å². The topological polar surface area (TPSA) is 194 Å². The van der Waals surface area contributed by atoms with E-state index in [1.54, 1.807) is 0 Å². The molecule has 154 valence electrons. The first-order chi connectivity index (χ1) is 12.4. The van der Waals surface area contributed by atoms with E-state index in [1.807, 2.05) is 13.8 Å². The molecule has 0 aliphatic rings. The Hall–Kier alpha value is -2.69. The first-order valence-corrected chi connectivity index (χ1v) is 8.58. The van der Waals surface area contributed by atoms with E-state index in [9.17, 15) is 24.0 Å². The SMILES string of the molecule is CC(C)CC(N)C(=O)NCC(=O)NC(CCC(N)=O)C(=O)NC(C)C(=O)O. The van der Waals surface area contributed by atoms with Gasteiger partial charge in [0.2, 0.25) is 23.6 Å². The fraction of sp³-hybridized carbons (Fsp3) is 0.688. The van der Waals surface area contributed by atoms with Gasteiger partial charge in [-0.15, -0.1) is 0 Å². The summed E-state index contributed by atoms with van der Waals surface area (Å²) in [5, 5.41) is 15.7. The van der Waals surface area contributed by atoms with E-state index in [-0.39, 0.29) is 18.8 Å². The minimum Gasteiger partial charge on any atom is -0.480 e. The molecule has 3 atom stereocenters. The highest BCUT2D eigenvalue weighted by Crippen LogP contribution is 2.02. The third-order valence-corrected chi connectivity index (χ3v) is 3.55. The van der Waals surface area contributed by atoms with Crippen LogP contribution in [0.2, 0.25) is 0 Å². The molecule has 0 aromatic rings. The lowest BCUT2D eigenvalue weighted by Crippen LogP contribution is -2.53. The lowest BCUT2D eigenvalue weighted by Gasteiger charge is -2.20. The Morgan fingerprint density at radius 1 is 1.00 bits per heavy atom. The highest BCUT2D eigenvalue weighted by atomic mass is 16.4. The van der Waals surface area contributed by atoms with Crippen LogP contribution in [0.15, 0.2) is 0 Å². The highest BCUT2D eigenvalue weighted by molar-refractivity contribution is 5.92. The number of nitrogens with one attached hydrogen (secondary N) is 3. The van der Waals surface area contributed by atoms with E-state index in [4.69, 9.17) is 16.6 Å². The minimum absolute atomic E-state index is 0.111. The number of hydrogen-bond acceptors (Lipinski definition) is 6. The zero-order valence-corrected chi connectivity index (χ0v) is 15.8. The Balaban J connectivity index is 4.73. The van der Waals surface area contributed by atoms with Crippen molar-refractivity contribution in [2.75, 3.05) is 6.54 Å². The minimum atomic E-state index is -1.25. The van der Waals surface area contributed by atoms with E-state index in [0.29, 0.717) is 6.42 Å². The molecule has 0 rings (SSSR count). The van der Waals surface area contributed by atoms with Gasteiger partial charge in [-0.25, -0.2) is 0 Å². The molecule has 0 bridgehead atoms. The van der Waals surface area contributed by atoms with Crippen molar-refractivity contribution in [3.8, 4) is 0 Å². The Bertz CT molecular complexity index is 566. The normalized spacial score (nSPS) is 14.0. The molecule has 8 N–H and O–H groups in total. The number of nitrogens with two attached hydrogens (primary N) is 2. The van der Waals surface area contributed by atoms with Gasteiger partial charge in [-0.2, -0.15) is 0 Å². The summed E-state index contributed by atoms with van der Waals surface area (Å²) >= 11 is 0. The third kappa shape index (κ3) is 10.8. The predicted molar refractivity (Wildman–Crippen MR) is 96.0 cm³/mol. The van der Waals surface area contributed by atoms with Crippen molar-refractivity contribution in [1.82, 2.24) is 16.0 Å². The lowest BCUT2D eigenvalue weighted by atomic mass is 10.0. The Morgan fingerprint density at radius 2 is 1.59 bits per heavy atom. The molecule has 11 heteroatoms. The number of carbonyl (C=O) groups is 5. The van der Waals surface area contributed by atoms with E-state index >= 15 is 0 Å². The molecule has 0 aromatic carbocycles. The highest BCUT2D eigenvalue weighted by Gasteiger charge is 2.25. The van der Waals surface area contributed by atoms with Gasteiger partial charge in [-0.3, -0.25) is 24.0 Å². The van der Waals surface area contributed by atoms with Crippen molar-refractivity contribution in [1.29, 1.82) is 0 Å². The van der Waals surface area contributed by atoms with Gasteiger partial charge in [0.15, 0.2) is 0 Å². The summed E-state index contributed by atoms with van der Waals surface area (Å²) in [6, 6.07) is -3.12. The van der Waals surface area contributed by atoms with Crippen molar-refractivity contribution in [3.05, 3.63) is 0 Å². The number of carboxylic acid groups (broad SMARTS) is 1. The van der Waals surface area contributed by atoms with Gasteiger partial charge in [0.1, 0.15) is 12.1 Å². The Kier molecular flexibility index (Phi) is 10.7. The molecule has 0 fully saturated rings. The van der Waals surface area contributed by atoms with Gasteiger partial charge < -0.3 is 32.5 Å². The fourth-order valence-electron chi connectivity index (χ4n) is 2.09. The van der Waals surface area contributed by atoms with Crippen molar-refractivity contribution < 1.29 is 29.1 Å².